The molecule has 0 heterocycles. The molecule has 192 valence electrons. The largest absolute Gasteiger partial charge is 0.544 e. The Bertz CT molecular complexity index is 541. The fourth-order valence-electron chi connectivity index (χ4n) is 4.81. The number of unbranched alkanes of at least 4 members (excludes halogenated alkanes) is 13. The lowest BCUT2D eigenvalue weighted by Crippen LogP contribution is -2.72. The van der Waals surface area contributed by atoms with Gasteiger partial charge in [-0.25, -0.2) is 9.59 Å². The number of carboxylic acid groups (broad SMARTS) is 3. The zero-order valence-electron chi connectivity index (χ0n) is 21.1. The van der Waals surface area contributed by atoms with Gasteiger partial charge in [-0.05, 0) is 46.5 Å². The van der Waals surface area contributed by atoms with Crippen LogP contribution in [0, 0.1) is 0 Å². The molecule has 33 heavy (non-hydrogen) atoms. The molecule has 0 rings (SSSR count). The summed E-state index contributed by atoms with van der Waals surface area (Å²) in [6.45, 7) is 8.07. The van der Waals surface area contributed by atoms with Crippen LogP contribution >= 0.6 is 0 Å². The first-order chi connectivity index (χ1) is 15.6. The van der Waals surface area contributed by atoms with Gasteiger partial charge in [-0.3, -0.25) is 4.48 Å². The van der Waals surface area contributed by atoms with Crippen LogP contribution in [0.2, 0.25) is 0 Å². The predicted molar refractivity (Wildman–Crippen MR) is 129 cm³/mol. The molecule has 0 spiro atoms. The summed E-state index contributed by atoms with van der Waals surface area (Å²) in [4.78, 5) is 35.1. The van der Waals surface area contributed by atoms with Crippen molar-refractivity contribution in [2.24, 2.45) is 0 Å². The van der Waals surface area contributed by atoms with Crippen LogP contribution in [0.5, 0.6) is 0 Å². The highest BCUT2D eigenvalue weighted by molar-refractivity contribution is 5.76. The fourth-order valence-corrected chi connectivity index (χ4v) is 4.81. The van der Waals surface area contributed by atoms with Gasteiger partial charge in [0.2, 0.25) is 0 Å². The molecule has 0 aromatic rings. The van der Waals surface area contributed by atoms with Crippen LogP contribution in [-0.2, 0) is 14.4 Å². The van der Waals surface area contributed by atoms with Crippen molar-refractivity contribution < 1.29 is 34.2 Å². The number of allylic oxidation sites excluding steroid dienone is 1. The lowest BCUT2D eigenvalue weighted by molar-refractivity contribution is -0.969. The number of nitrogens with zero attached hydrogens (tertiary/aromatic N) is 1. The van der Waals surface area contributed by atoms with Gasteiger partial charge in [0.1, 0.15) is 6.04 Å². The van der Waals surface area contributed by atoms with Crippen molar-refractivity contribution in [3.8, 4) is 0 Å². The summed E-state index contributed by atoms with van der Waals surface area (Å²) in [5.41, 5.74) is 0. The van der Waals surface area contributed by atoms with E-state index in [0.717, 1.165) is 32.1 Å². The lowest BCUT2D eigenvalue weighted by Gasteiger charge is -2.49. The van der Waals surface area contributed by atoms with Gasteiger partial charge in [-0.2, -0.15) is 0 Å². The molecule has 0 saturated heterocycles. The summed E-state index contributed by atoms with van der Waals surface area (Å²) in [5.74, 6) is -3.83. The van der Waals surface area contributed by atoms with E-state index in [2.05, 4.69) is 6.58 Å². The number of carbonyl (C=O) groups is 3. The number of hydrogen-bond donors (Lipinski definition) is 2. The molecule has 0 aliphatic heterocycles. The SMILES string of the molecule is C=CCCCCCCCCCCCCCCC[N+](C(C)C(=O)[O-])(C(C)C(=O)O)C(C)C(=O)O. The molecule has 7 nitrogen and oxygen atoms in total. The van der Waals surface area contributed by atoms with E-state index in [1.54, 1.807) is 0 Å². The molecule has 0 aliphatic rings. The topological polar surface area (TPSA) is 115 Å². The van der Waals surface area contributed by atoms with Crippen molar-refractivity contribution in [1.29, 1.82) is 0 Å². The van der Waals surface area contributed by atoms with Crippen molar-refractivity contribution in [2.45, 2.75) is 129 Å². The van der Waals surface area contributed by atoms with E-state index >= 15 is 0 Å². The van der Waals surface area contributed by atoms with E-state index in [1.165, 1.54) is 72.1 Å². The summed E-state index contributed by atoms with van der Waals surface area (Å²) in [7, 11) is 0. The van der Waals surface area contributed by atoms with E-state index in [1.807, 2.05) is 6.08 Å². The first-order valence-corrected chi connectivity index (χ1v) is 12.8. The third-order valence-electron chi connectivity index (χ3n) is 7.17. The van der Waals surface area contributed by atoms with Crippen LogP contribution in [0.25, 0.3) is 0 Å². The quantitative estimate of drug-likeness (QED) is 0.137. The highest BCUT2D eigenvalue weighted by Gasteiger charge is 2.50. The van der Waals surface area contributed by atoms with Crippen LogP contribution in [0.15, 0.2) is 12.7 Å². The Balaban J connectivity index is 4.37. The molecule has 0 aromatic carbocycles. The summed E-state index contributed by atoms with van der Waals surface area (Å²) < 4.78 is -0.541. The Kier molecular flexibility index (Phi) is 16.6. The van der Waals surface area contributed by atoms with Crippen molar-refractivity contribution in [1.82, 2.24) is 0 Å². The van der Waals surface area contributed by atoms with Crippen LogP contribution < -0.4 is 5.11 Å². The number of rotatable bonds is 22. The van der Waals surface area contributed by atoms with Gasteiger partial charge >= 0.3 is 11.9 Å². The van der Waals surface area contributed by atoms with Gasteiger partial charge in [-0.1, -0.05) is 70.3 Å². The maximum absolute atomic E-state index is 11.7. The molecule has 0 radical (unpaired) electrons. The number of carboxylic acids is 3. The average Bonchev–Trinajstić information content (AvgIpc) is 2.77. The van der Waals surface area contributed by atoms with E-state index in [-0.39, 0.29) is 6.54 Å². The molecule has 0 aliphatic carbocycles. The summed E-state index contributed by atoms with van der Waals surface area (Å²) in [5, 5.41) is 30.8. The standard InChI is InChI=1S/C26H47NO6/c1-5-6-7-8-9-10-11-12-13-14-15-16-17-18-19-20-27(21(2)24(28)29,22(3)25(30)31)23(4)26(32)33/h5,21-23H,1,6-20H2,2-4H3,(H2-,28,29,30,31,32,33). The molecule has 2 N–H and O–H groups in total. The third kappa shape index (κ3) is 11.2. The van der Waals surface area contributed by atoms with Gasteiger partial charge in [0.05, 0.1) is 12.5 Å². The van der Waals surface area contributed by atoms with Crippen LogP contribution in [-0.4, -0.2) is 57.3 Å². The Morgan fingerprint density at radius 2 is 1.03 bits per heavy atom. The van der Waals surface area contributed by atoms with Crippen molar-refractivity contribution in [3.63, 3.8) is 0 Å². The minimum absolute atomic E-state index is 0.183. The Hall–Kier alpha value is -1.89. The van der Waals surface area contributed by atoms with Gasteiger partial charge in [0, 0.05) is 0 Å². The molecular formula is C26H47NO6. The second kappa shape index (κ2) is 17.6. The van der Waals surface area contributed by atoms with Gasteiger partial charge in [-0.15, -0.1) is 6.58 Å². The Labute approximate surface area is 200 Å². The highest BCUT2D eigenvalue weighted by Crippen LogP contribution is 2.27. The van der Waals surface area contributed by atoms with E-state index in [0.29, 0.717) is 6.42 Å². The van der Waals surface area contributed by atoms with Crippen molar-refractivity contribution in [3.05, 3.63) is 12.7 Å². The first-order valence-electron chi connectivity index (χ1n) is 12.8. The average molecular weight is 470 g/mol. The Morgan fingerprint density at radius 1 is 0.697 bits per heavy atom. The monoisotopic (exact) mass is 469 g/mol. The maximum Gasteiger partial charge on any atom is 0.362 e. The van der Waals surface area contributed by atoms with Gasteiger partial charge in [0.25, 0.3) is 0 Å². The van der Waals surface area contributed by atoms with E-state index in [9.17, 15) is 29.7 Å². The van der Waals surface area contributed by atoms with Crippen LogP contribution in [0.1, 0.15) is 111 Å². The van der Waals surface area contributed by atoms with Crippen LogP contribution in [0.3, 0.4) is 0 Å². The zero-order chi connectivity index (χ0) is 25.3. The normalized spacial score (nSPS) is 15.8. The zero-order valence-corrected chi connectivity index (χ0v) is 21.1. The van der Waals surface area contributed by atoms with Crippen molar-refractivity contribution in [2.75, 3.05) is 6.54 Å². The second-order valence-electron chi connectivity index (χ2n) is 9.42. The molecule has 0 aromatic heterocycles. The number of quaternary nitrogens is 1. The molecule has 0 saturated carbocycles. The number of hydrogen-bond acceptors (Lipinski definition) is 4. The van der Waals surface area contributed by atoms with Gasteiger partial charge in [0.15, 0.2) is 12.1 Å². The maximum atomic E-state index is 11.7. The fraction of sp³-hybridized carbons (Fsp3) is 0.808. The molecule has 7 heteroatoms. The van der Waals surface area contributed by atoms with E-state index < -0.39 is 40.5 Å². The summed E-state index contributed by atoms with van der Waals surface area (Å²) in [6.07, 6.45) is 17.9. The molecule has 0 bridgehead atoms. The van der Waals surface area contributed by atoms with Crippen molar-refractivity contribution >= 4 is 17.9 Å². The highest BCUT2D eigenvalue weighted by atomic mass is 16.4. The molecule has 0 fully saturated rings. The second-order valence-corrected chi connectivity index (χ2v) is 9.42. The molecule has 3 atom stereocenters. The smallest absolute Gasteiger partial charge is 0.362 e. The minimum Gasteiger partial charge on any atom is -0.544 e. The van der Waals surface area contributed by atoms with Gasteiger partial charge < -0.3 is 20.1 Å². The predicted octanol–water partition coefficient (Wildman–Crippen LogP) is 4.54. The lowest BCUT2D eigenvalue weighted by atomic mass is 10.00. The van der Waals surface area contributed by atoms with E-state index in [4.69, 9.17) is 0 Å². The summed E-state index contributed by atoms with van der Waals surface area (Å²) in [6, 6.07) is -3.55. The molecular weight excluding hydrogens is 422 g/mol. The molecule has 0 amide bonds. The first kappa shape index (κ1) is 31.1. The minimum atomic E-state index is -1.42. The summed E-state index contributed by atoms with van der Waals surface area (Å²) >= 11 is 0. The third-order valence-corrected chi connectivity index (χ3v) is 7.17. The number of carbonyl (C=O) groups excluding carboxylic acids is 1. The van der Waals surface area contributed by atoms with Crippen LogP contribution in [0.4, 0.5) is 0 Å². The number of aliphatic carboxylic acids is 3. The molecule has 3 unspecified atom stereocenters. The Morgan fingerprint density at radius 3 is 1.33 bits per heavy atom.